The zero-order chi connectivity index (χ0) is 16.9. The Morgan fingerprint density at radius 2 is 1.62 bits per heavy atom. The van der Waals surface area contributed by atoms with Crippen LogP contribution in [0.5, 0.6) is 17.2 Å². The fourth-order valence-corrected chi connectivity index (χ4v) is 3.00. The molecule has 1 aromatic rings. The highest BCUT2D eigenvalue weighted by Gasteiger charge is 2.28. The Bertz CT molecular complexity index is 535. The second kappa shape index (κ2) is 8.99. The molecule has 0 saturated heterocycles. The number of carbonyl (C=O) groups excluding carboxylic acids is 1. The minimum atomic E-state index is -0.297. The summed E-state index contributed by atoms with van der Waals surface area (Å²) in [5.74, 6) is 1.18. The Kier molecular flexibility index (Phi) is 7.63. The lowest BCUT2D eigenvalue weighted by Gasteiger charge is -2.33. The van der Waals surface area contributed by atoms with E-state index in [0.717, 1.165) is 25.7 Å². The van der Waals surface area contributed by atoms with Crippen molar-refractivity contribution in [3.05, 3.63) is 17.7 Å². The van der Waals surface area contributed by atoms with Gasteiger partial charge in [-0.05, 0) is 25.0 Å². The van der Waals surface area contributed by atoms with Crippen LogP contribution in [-0.4, -0.2) is 39.3 Å². The Morgan fingerprint density at radius 3 is 2.08 bits per heavy atom. The van der Waals surface area contributed by atoms with Crippen molar-refractivity contribution in [1.82, 2.24) is 5.32 Å². The lowest BCUT2D eigenvalue weighted by atomic mass is 9.82. The van der Waals surface area contributed by atoms with E-state index >= 15 is 0 Å². The summed E-state index contributed by atoms with van der Waals surface area (Å²) in [5.41, 5.74) is 6.52. The monoisotopic (exact) mass is 358 g/mol. The van der Waals surface area contributed by atoms with Gasteiger partial charge >= 0.3 is 0 Å². The van der Waals surface area contributed by atoms with E-state index in [-0.39, 0.29) is 23.9 Å². The van der Waals surface area contributed by atoms with Crippen LogP contribution in [0.3, 0.4) is 0 Å². The van der Waals surface area contributed by atoms with Crippen molar-refractivity contribution >= 4 is 18.3 Å². The largest absolute Gasteiger partial charge is 0.493 e. The average molecular weight is 359 g/mol. The first kappa shape index (κ1) is 20.4. The van der Waals surface area contributed by atoms with E-state index in [4.69, 9.17) is 19.9 Å². The SMILES string of the molecule is COc1cc(C(=O)NCC2(N)CCCCC2)cc(OC)c1OC.Cl. The third kappa shape index (κ3) is 4.68. The van der Waals surface area contributed by atoms with E-state index < -0.39 is 0 Å². The Morgan fingerprint density at radius 1 is 1.08 bits per heavy atom. The molecule has 3 N–H and O–H groups in total. The molecule has 0 unspecified atom stereocenters. The van der Waals surface area contributed by atoms with Crippen molar-refractivity contribution in [1.29, 1.82) is 0 Å². The average Bonchev–Trinajstić information content (AvgIpc) is 2.58. The van der Waals surface area contributed by atoms with Gasteiger partial charge in [-0.1, -0.05) is 19.3 Å². The summed E-state index contributed by atoms with van der Waals surface area (Å²) >= 11 is 0. The van der Waals surface area contributed by atoms with Crippen molar-refractivity contribution in [3.8, 4) is 17.2 Å². The molecule has 1 saturated carbocycles. The number of hydrogen-bond acceptors (Lipinski definition) is 5. The number of carbonyl (C=O) groups is 1. The second-order valence-corrected chi connectivity index (χ2v) is 6.02. The number of nitrogens with one attached hydrogen (secondary N) is 1. The van der Waals surface area contributed by atoms with Crippen LogP contribution < -0.4 is 25.3 Å². The van der Waals surface area contributed by atoms with Crippen molar-refractivity contribution < 1.29 is 19.0 Å². The van der Waals surface area contributed by atoms with Gasteiger partial charge in [-0.15, -0.1) is 12.4 Å². The molecule has 0 heterocycles. The minimum Gasteiger partial charge on any atom is -0.493 e. The topological polar surface area (TPSA) is 82.8 Å². The summed E-state index contributed by atoms with van der Waals surface area (Å²) in [5, 5.41) is 2.93. The van der Waals surface area contributed by atoms with Gasteiger partial charge in [0.15, 0.2) is 11.5 Å². The van der Waals surface area contributed by atoms with Crippen LogP contribution in [0.25, 0.3) is 0 Å². The van der Waals surface area contributed by atoms with Gasteiger partial charge in [0.25, 0.3) is 5.91 Å². The van der Waals surface area contributed by atoms with Crippen molar-refractivity contribution in [2.24, 2.45) is 5.73 Å². The first-order valence-corrected chi connectivity index (χ1v) is 7.90. The summed E-state index contributed by atoms with van der Waals surface area (Å²) < 4.78 is 15.8. The molecule has 0 aromatic heterocycles. The molecular weight excluding hydrogens is 332 g/mol. The molecule has 1 fully saturated rings. The number of methoxy groups -OCH3 is 3. The van der Waals surface area contributed by atoms with Crippen LogP contribution in [0.4, 0.5) is 0 Å². The van der Waals surface area contributed by atoms with Gasteiger partial charge < -0.3 is 25.3 Å². The molecule has 0 atom stereocenters. The van der Waals surface area contributed by atoms with E-state index in [1.807, 2.05) is 0 Å². The van der Waals surface area contributed by atoms with Gasteiger partial charge in [0, 0.05) is 17.6 Å². The quantitative estimate of drug-likeness (QED) is 0.816. The molecule has 136 valence electrons. The van der Waals surface area contributed by atoms with Crippen molar-refractivity contribution in [3.63, 3.8) is 0 Å². The standard InChI is InChI=1S/C17H26N2O4.ClH/c1-21-13-9-12(10-14(22-2)15(13)23-3)16(20)19-11-17(18)7-5-4-6-8-17;/h9-10H,4-8,11,18H2,1-3H3,(H,19,20);1H. The number of halogens is 1. The van der Waals surface area contributed by atoms with Crippen LogP contribution in [0.1, 0.15) is 42.5 Å². The smallest absolute Gasteiger partial charge is 0.251 e. The van der Waals surface area contributed by atoms with Crippen LogP contribution >= 0.6 is 12.4 Å². The number of rotatable bonds is 6. The maximum Gasteiger partial charge on any atom is 0.251 e. The fraction of sp³-hybridized carbons (Fsp3) is 0.588. The maximum atomic E-state index is 12.4. The van der Waals surface area contributed by atoms with E-state index in [0.29, 0.717) is 29.4 Å². The third-order valence-electron chi connectivity index (χ3n) is 4.38. The van der Waals surface area contributed by atoms with Gasteiger partial charge in [0.2, 0.25) is 5.75 Å². The molecule has 1 aromatic carbocycles. The van der Waals surface area contributed by atoms with Crippen LogP contribution in [0.2, 0.25) is 0 Å². The molecular formula is C17H27ClN2O4. The Balaban J connectivity index is 0.00000288. The summed E-state index contributed by atoms with van der Waals surface area (Å²) in [6.07, 6.45) is 5.36. The van der Waals surface area contributed by atoms with Crippen LogP contribution in [0, 0.1) is 0 Å². The highest BCUT2D eigenvalue weighted by atomic mass is 35.5. The van der Waals surface area contributed by atoms with Crippen molar-refractivity contribution in [2.45, 2.75) is 37.6 Å². The number of benzene rings is 1. The molecule has 1 aliphatic carbocycles. The lowest BCUT2D eigenvalue weighted by Crippen LogP contribution is -2.51. The van der Waals surface area contributed by atoms with Gasteiger partial charge in [-0.25, -0.2) is 0 Å². The lowest BCUT2D eigenvalue weighted by molar-refractivity contribution is 0.0937. The first-order valence-electron chi connectivity index (χ1n) is 7.90. The molecule has 2 rings (SSSR count). The van der Waals surface area contributed by atoms with Gasteiger partial charge in [0.1, 0.15) is 0 Å². The maximum absolute atomic E-state index is 12.4. The Hall–Kier alpha value is -1.66. The van der Waals surface area contributed by atoms with E-state index in [1.165, 1.54) is 27.8 Å². The Labute approximate surface area is 149 Å². The molecule has 6 nitrogen and oxygen atoms in total. The minimum absolute atomic E-state index is 0. The van der Waals surface area contributed by atoms with Gasteiger partial charge in [0.05, 0.1) is 21.3 Å². The zero-order valence-corrected chi connectivity index (χ0v) is 15.3. The molecule has 0 spiro atoms. The summed E-state index contributed by atoms with van der Waals surface area (Å²) in [7, 11) is 4.58. The molecule has 0 radical (unpaired) electrons. The van der Waals surface area contributed by atoms with Crippen molar-refractivity contribution in [2.75, 3.05) is 27.9 Å². The molecule has 7 heteroatoms. The molecule has 1 amide bonds. The van der Waals surface area contributed by atoms with Gasteiger partial charge in [-0.2, -0.15) is 0 Å². The summed E-state index contributed by atoms with van der Waals surface area (Å²) in [6.45, 7) is 0.475. The highest BCUT2D eigenvalue weighted by molar-refractivity contribution is 5.95. The zero-order valence-electron chi connectivity index (χ0n) is 14.5. The number of amides is 1. The number of ether oxygens (including phenoxy) is 3. The molecule has 0 aliphatic heterocycles. The second-order valence-electron chi connectivity index (χ2n) is 6.02. The predicted molar refractivity (Wildman–Crippen MR) is 95.7 cm³/mol. The first-order chi connectivity index (χ1) is 11.0. The fourth-order valence-electron chi connectivity index (χ4n) is 3.00. The molecule has 0 bridgehead atoms. The molecule has 1 aliphatic rings. The number of nitrogens with two attached hydrogens (primary N) is 1. The highest BCUT2D eigenvalue weighted by Crippen LogP contribution is 2.38. The van der Waals surface area contributed by atoms with E-state index in [1.54, 1.807) is 12.1 Å². The van der Waals surface area contributed by atoms with Gasteiger partial charge in [-0.3, -0.25) is 4.79 Å². The van der Waals surface area contributed by atoms with E-state index in [9.17, 15) is 4.79 Å². The third-order valence-corrected chi connectivity index (χ3v) is 4.38. The normalized spacial score (nSPS) is 15.8. The predicted octanol–water partition coefficient (Wildman–Crippen LogP) is 2.53. The van der Waals surface area contributed by atoms with Crippen LogP contribution in [-0.2, 0) is 0 Å². The number of hydrogen-bond donors (Lipinski definition) is 2. The summed E-state index contributed by atoms with van der Waals surface area (Å²) in [6, 6.07) is 3.28. The van der Waals surface area contributed by atoms with E-state index in [2.05, 4.69) is 5.32 Å². The van der Waals surface area contributed by atoms with Crippen LogP contribution in [0.15, 0.2) is 12.1 Å². The molecule has 24 heavy (non-hydrogen) atoms. The summed E-state index contributed by atoms with van der Waals surface area (Å²) in [4.78, 5) is 12.4.